The van der Waals surface area contributed by atoms with Gasteiger partial charge in [-0.1, -0.05) is 6.07 Å². The zero-order valence-corrected chi connectivity index (χ0v) is 10.6. The van der Waals surface area contributed by atoms with Crippen LogP contribution in [-0.2, 0) is 19.9 Å². The highest BCUT2D eigenvalue weighted by Crippen LogP contribution is 2.19. The average molecular weight is 292 g/mol. The third-order valence-corrected chi connectivity index (χ3v) is 4.84. The fourth-order valence-corrected chi connectivity index (χ4v) is 3.97. The van der Waals surface area contributed by atoms with Crippen molar-refractivity contribution >= 4 is 19.9 Å². The number of nitrogens with two attached hydrogens (primary N) is 1. The quantitative estimate of drug-likeness (QED) is 0.821. The summed E-state index contributed by atoms with van der Waals surface area (Å²) in [6.45, 7) is 0. The second-order valence-electron chi connectivity index (χ2n) is 3.41. The molecule has 0 saturated carbocycles. The normalized spacial score (nSPS) is 12.1. The number of hydrogen-bond acceptors (Lipinski definition) is 5. The van der Waals surface area contributed by atoms with Crippen LogP contribution in [0.5, 0.6) is 0 Å². The van der Waals surface area contributed by atoms with Gasteiger partial charge >= 0.3 is 0 Å². The van der Waals surface area contributed by atoms with E-state index in [1.54, 1.807) is 0 Å². The van der Waals surface area contributed by atoms with Crippen molar-refractivity contribution in [3.63, 3.8) is 0 Å². The molecule has 0 spiro atoms. The Hall–Kier alpha value is -1.50. The highest BCUT2D eigenvalue weighted by Gasteiger charge is 2.22. The van der Waals surface area contributed by atoms with E-state index < -0.39 is 47.6 Å². The van der Waals surface area contributed by atoms with Gasteiger partial charge in [-0.2, -0.15) is 5.26 Å². The lowest BCUT2D eigenvalue weighted by Crippen LogP contribution is -2.23. The molecule has 6 nitrogen and oxygen atoms in total. The summed E-state index contributed by atoms with van der Waals surface area (Å²) >= 11 is 0. The molecule has 0 bridgehead atoms. The molecule has 1 aromatic rings. The third kappa shape index (κ3) is 3.49. The summed E-state index contributed by atoms with van der Waals surface area (Å²) in [7, 11) is -8.03. The largest absolute Gasteiger partial charge is 0.229 e. The van der Waals surface area contributed by atoms with Crippen LogP contribution >= 0.6 is 0 Å². The molecule has 1 aromatic carbocycles. The fraction of sp³-hybridized carbons (Fsp3) is 0.222. The molecule has 0 aliphatic carbocycles. The topological polar surface area (TPSA) is 118 Å². The molecular formula is C9H9FN2O4S2. The number of nitriles is 1. The summed E-state index contributed by atoms with van der Waals surface area (Å²) in [5, 5.41) is 13.4. The Bertz CT molecular complexity index is 705. The van der Waals surface area contributed by atoms with Gasteiger partial charge in [-0.25, -0.2) is 26.4 Å². The zero-order valence-electron chi connectivity index (χ0n) is 9.00. The molecule has 0 amide bonds. The van der Waals surface area contributed by atoms with E-state index in [2.05, 4.69) is 5.14 Å². The predicted molar refractivity (Wildman–Crippen MR) is 61.1 cm³/mol. The standard InChI is InChI=1S/C9H9FN2O4S2/c10-8-2-1-3-9(7(8)6-11)17(13,14)4-5-18(12,15)16/h1-3H,4-5H2,(H2,12,15,16). The summed E-state index contributed by atoms with van der Waals surface area (Å²) in [5.74, 6) is -2.57. The SMILES string of the molecule is N#Cc1c(F)cccc1S(=O)(=O)CCS(N)(=O)=O. The minimum atomic E-state index is -4.08. The summed E-state index contributed by atoms with van der Waals surface area (Å²) in [5.41, 5.74) is -0.632. The van der Waals surface area contributed by atoms with E-state index in [4.69, 9.17) is 5.26 Å². The van der Waals surface area contributed by atoms with Gasteiger partial charge in [0.1, 0.15) is 17.4 Å². The van der Waals surface area contributed by atoms with Gasteiger partial charge < -0.3 is 0 Å². The maximum absolute atomic E-state index is 13.2. The number of nitrogens with zero attached hydrogens (tertiary/aromatic N) is 1. The molecule has 0 aromatic heterocycles. The van der Waals surface area contributed by atoms with Crippen molar-refractivity contribution in [1.82, 2.24) is 0 Å². The van der Waals surface area contributed by atoms with Crippen LogP contribution in [0.3, 0.4) is 0 Å². The maximum atomic E-state index is 13.2. The summed E-state index contributed by atoms with van der Waals surface area (Å²) < 4.78 is 58.2. The summed E-state index contributed by atoms with van der Waals surface area (Å²) in [6, 6.07) is 4.54. The second-order valence-corrected chi connectivity index (χ2v) is 7.22. The Labute approximate surface area is 104 Å². The molecule has 0 fully saturated rings. The van der Waals surface area contributed by atoms with Crippen molar-refractivity contribution in [2.75, 3.05) is 11.5 Å². The van der Waals surface area contributed by atoms with E-state index in [-0.39, 0.29) is 0 Å². The molecule has 0 aliphatic heterocycles. The Balaban J connectivity index is 3.23. The Kier molecular flexibility index (Phi) is 4.05. The smallest absolute Gasteiger partial charge is 0.210 e. The van der Waals surface area contributed by atoms with E-state index in [1.807, 2.05) is 0 Å². The van der Waals surface area contributed by atoms with Crippen LogP contribution in [-0.4, -0.2) is 28.3 Å². The first kappa shape index (κ1) is 14.6. The Morgan fingerprint density at radius 1 is 1.22 bits per heavy atom. The monoisotopic (exact) mass is 292 g/mol. The Morgan fingerprint density at radius 3 is 2.33 bits per heavy atom. The van der Waals surface area contributed by atoms with Crippen molar-refractivity contribution < 1.29 is 21.2 Å². The second kappa shape index (κ2) is 5.01. The van der Waals surface area contributed by atoms with E-state index >= 15 is 0 Å². The first-order valence-electron chi connectivity index (χ1n) is 4.59. The summed E-state index contributed by atoms with van der Waals surface area (Å²) in [4.78, 5) is -0.534. The van der Waals surface area contributed by atoms with Crippen LogP contribution in [0, 0.1) is 17.1 Å². The molecule has 98 valence electrons. The number of halogens is 1. The van der Waals surface area contributed by atoms with Gasteiger partial charge in [-0.05, 0) is 12.1 Å². The number of sulfone groups is 1. The highest BCUT2D eigenvalue weighted by molar-refractivity contribution is 7.94. The van der Waals surface area contributed by atoms with E-state index in [9.17, 15) is 21.2 Å². The van der Waals surface area contributed by atoms with Crippen molar-refractivity contribution in [2.24, 2.45) is 5.14 Å². The van der Waals surface area contributed by atoms with Gasteiger partial charge in [-0.3, -0.25) is 0 Å². The van der Waals surface area contributed by atoms with Gasteiger partial charge in [0.05, 0.1) is 16.4 Å². The molecule has 0 atom stereocenters. The first-order chi connectivity index (χ1) is 8.17. The van der Waals surface area contributed by atoms with Crippen LogP contribution in [0.4, 0.5) is 4.39 Å². The molecule has 1 rings (SSSR count). The summed E-state index contributed by atoms with van der Waals surface area (Å²) in [6.07, 6.45) is 0. The lowest BCUT2D eigenvalue weighted by molar-refractivity contribution is 0.585. The minimum absolute atomic E-state index is 0.534. The molecule has 0 saturated heterocycles. The van der Waals surface area contributed by atoms with Crippen molar-refractivity contribution in [1.29, 1.82) is 5.26 Å². The lowest BCUT2D eigenvalue weighted by atomic mass is 10.2. The molecular weight excluding hydrogens is 283 g/mol. The van der Waals surface area contributed by atoms with Crippen LogP contribution in [0.1, 0.15) is 5.56 Å². The number of primary sulfonamides is 1. The zero-order chi connectivity index (χ0) is 14.0. The van der Waals surface area contributed by atoms with Crippen LogP contribution < -0.4 is 5.14 Å². The van der Waals surface area contributed by atoms with E-state index in [1.165, 1.54) is 6.07 Å². The van der Waals surface area contributed by atoms with Gasteiger partial charge in [0.2, 0.25) is 10.0 Å². The number of benzene rings is 1. The van der Waals surface area contributed by atoms with Crippen molar-refractivity contribution in [3.8, 4) is 6.07 Å². The molecule has 0 radical (unpaired) electrons. The van der Waals surface area contributed by atoms with Crippen LogP contribution in [0.25, 0.3) is 0 Å². The van der Waals surface area contributed by atoms with E-state index in [0.717, 1.165) is 18.2 Å². The number of rotatable bonds is 4. The third-order valence-electron chi connectivity index (χ3n) is 2.06. The van der Waals surface area contributed by atoms with Crippen molar-refractivity contribution in [2.45, 2.75) is 4.90 Å². The molecule has 0 aliphatic rings. The molecule has 18 heavy (non-hydrogen) atoms. The molecule has 9 heteroatoms. The highest BCUT2D eigenvalue weighted by atomic mass is 32.2. The minimum Gasteiger partial charge on any atom is -0.229 e. The molecule has 0 heterocycles. The molecule has 2 N–H and O–H groups in total. The lowest BCUT2D eigenvalue weighted by Gasteiger charge is -2.05. The number of sulfonamides is 1. The predicted octanol–water partition coefficient (Wildman–Crippen LogP) is -0.240. The van der Waals surface area contributed by atoms with Gasteiger partial charge in [0.25, 0.3) is 0 Å². The van der Waals surface area contributed by atoms with Gasteiger partial charge in [0.15, 0.2) is 9.84 Å². The fourth-order valence-electron chi connectivity index (χ4n) is 1.21. The van der Waals surface area contributed by atoms with E-state index in [0.29, 0.717) is 0 Å². The van der Waals surface area contributed by atoms with Gasteiger partial charge in [0, 0.05) is 0 Å². The maximum Gasteiger partial charge on any atom is 0.210 e. The van der Waals surface area contributed by atoms with Crippen LogP contribution in [0.2, 0.25) is 0 Å². The van der Waals surface area contributed by atoms with Crippen molar-refractivity contribution in [3.05, 3.63) is 29.6 Å². The Morgan fingerprint density at radius 2 is 1.83 bits per heavy atom. The number of hydrogen-bond donors (Lipinski definition) is 1. The van der Waals surface area contributed by atoms with Gasteiger partial charge in [-0.15, -0.1) is 0 Å². The van der Waals surface area contributed by atoms with Crippen LogP contribution in [0.15, 0.2) is 23.1 Å². The first-order valence-corrected chi connectivity index (χ1v) is 7.96. The molecule has 0 unspecified atom stereocenters. The average Bonchev–Trinajstić information content (AvgIpc) is 2.25.